The van der Waals surface area contributed by atoms with Gasteiger partial charge in [0.1, 0.15) is 0 Å². The highest BCUT2D eigenvalue weighted by atomic mass is 15.2. The predicted molar refractivity (Wildman–Crippen MR) is 55.0 cm³/mol. The predicted octanol–water partition coefficient (Wildman–Crippen LogP) is 1.81. The third-order valence-corrected chi connectivity index (χ3v) is 3.27. The number of likely N-dealkylation sites (tertiary alicyclic amines) is 1. The van der Waals surface area contributed by atoms with Gasteiger partial charge in [-0.15, -0.1) is 0 Å². The van der Waals surface area contributed by atoms with E-state index in [2.05, 4.69) is 14.5 Å². The van der Waals surface area contributed by atoms with E-state index in [4.69, 9.17) is 0 Å². The Bertz CT molecular complexity index is 308. The summed E-state index contributed by atoms with van der Waals surface area (Å²) in [5.41, 5.74) is 1.41. The van der Waals surface area contributed by atoms with Gasteiger partial charge in [0.15, 0.2) is 0 Å². The molecule has 3 heteroatoms. The van der Waals surface area contributed by atoms with E-state index in [9.17, 15) is 0 Å². The van der Waals surface area contributed by atoms with Crippen molar-refractivity contribution in [1.82, 2.24) is 14.5 Å². The maximum atomic E-state index is 4.26. The van der Waals surface area contributed by atoms with E-state index in [0.29, 0.717) is 0 Å². The van der Waals surface area contributed by atoms with E-state index in [1.165, 1.54) is 44.5 Å². The van der Waals surface area contributed by atoms with Crippen LogP contribution in [0, 0.1) is 0 Å². The average Bonchev–Trinajstić information content (AvgIpc) is 2.74. The molecule has 2 aliphatic rings. The SMILES string of the molecule is c1ncn(C2CC2)c1CN1CCCC1. The zero-order valence-corrected chi connectivity index (χ0v) is 8.52. The van der Waals surface area contributed by atoms with Crippen LogP contribution in [-0.2, 0) is 6.54 Å². The Morgan fingerprint density at radius 3 is 2.79 bits per heavy atom. The summed E-state index contributed by atoms with van der Waals surface area (Å²) in [4.78, 5) is 6.80. The summed E-state index contributed by atoms with van der Waals surface area (Å²) < 4.78 is 2.37. The zero-order valence-electron chi connectivity index (χ0n) is 8.52. The molecule has 3 nitrogen and oxygen atoms in total. The van der Waals surface area contributed by atoms with Crippen LogP contribution in [0.25, 0.3) is 0 Å². The van der Waals surface area contributed by atoms with Crippen molar-refractivity contribution in [2.45, 2.75) is 38.3 Å². The molecular weight excluding hydrogens is 174 g/mol. The van der Waals surface area contributed by atoms with Gasteiger partial charge in [0.05, 0.1) is 12.0 Å². The first-order valence-corrected chi connectivity index (χ1v) is 5.66. The molecule has 3 rings (SSSR count). The maximum absolute atomic E-state index is 4.26. The summed E-state index contributed by atoms with van der Waals surface area (Å²) in [6.07, 6.45) is 9.49. The van der Waals surface area contributed by atoms with Crippen molar-refractivity contribution >= 4 is 0 Å². The summed E-state index contributed by atoms with van der Waals surface area (Å²) in [5.74, 6) is 0. The van der Waals surface area contributed by atoms with Crippen LogP contribution in [0.5, 0.6) is 0 Å². The molecule has 2 fully saturated rings. The second kappa shape index (κ2) is 3.39. The minimum absolute atomic E-state index is 0.773. The number of hydrogen-bond donors (Lipinski definition) is 0. The number of nitrogens with zero attached hydrogens (tertiary/aromatic N) is 3. The molecule has 0 bridgehead atoms. The van der Waals surface area contributed by atoms with Gasteiger partial charge in [0.2, 0.25) is 0 Å². The fraction of sp³-hybridized carbons (Fsp3) is 0.727. The van der Waals surface area contributed by atoms with Crippen molar-refractivity contribution in [2.75, 3.05) is 13.1 Å². The Hall–Kier alpha value is -0.830. The van der Waals surface area contributed by atoms with Crippen LogP contribution in [-0.4, -0.2) is 27.5 Å². The van der Waals surface area contributed by atoms with Gasteiger partial charge in [0.25, 0.3) is 0 Å². The first kappa shape index (κ1) is 8.48. The smallest absolute Gasteiger partial charge is 0.0951 e. The van der Waals surface area contributed by atoms with Crippen molar-refractivity contribution in [1.29, 1.82) is 0 Å². The summed E-state index contributed by atoms with van der Waals surface area (Å²) in [5, 5.41) is 0. The minimum Gasteiger partial charge on any atom is -0.330 e. The first-order valence-electron chi connectivity index (χ1n) is 5.66. The third-order valence-electron chi connectivity index (χ3n) is 3.27. The molecule has 1 aromatic rings. The van der Waals surface area contributed by atoms with Crippen molar-refractivity contribution in [3.8, 4) is 0 Å². The van der Waals surface area contributed by atoms with Crippen LogP contribution in [0.15, 0.2) is 12.5 Å². The standard InChI is InChI=1S/C11H17N3/c1-2-6-13(5-1)8-11-7-12-9-14(11)10-3-4-10/h7,9-10H,1-6,8H2. The van der Waals surface area contributed by atoms with Crippen molar-refractivity contribution in [3.63, 3.8) is 0 Å². The monoisotopic (exact) mass is 191 g/mol. The summed E-state index contributed by atoms with van der Waals surface area (Å²) >= 11 is 0. The van der Waals surface area contributed by atoms with E-state index in [1.807, 2.05) is 12.5 Å². The second-order valence-electron chi connectivity index (χ2n) is 4.51. The Labute approximate surface area is 84.7 Å². The van der Waals surface area contributed by atoms with Crippen LogP contribution in [0.1, 0.15) is 37.4 Å². The Kier molecular flexibility index (Phi) is 2.05. The number of hydrogen-bond acceptors (Lipinski definition) is 2. The van der Waals surface area contributed by atoms with Crippen molar-refractivity contribution < 1.29 is 0 Å². The molecule has 2 heterocycles. The van der Waals surface area contributed by atoms with Gasteiger partial charge >= 0.3 is 0 Å². The van der Waals surface area contributed by atoms with E-state index in [-0.39, 0.29) is 0 Å². The van der Waals surface area contributed by atoms with Crippen molar-refractivity contribution in [2.24, 2.45) is 0 Å². The molecule has 1 aromatic heterocycles. The molecular formula is C11H17N3. The third kappa shape index (κ3) is 1.57. The lowest BCUT2D eigenvalue weighted by molar-refractivity contribution is 0.321. The van der Waals surface area contributed by atoms with Crippen LogP contribution >= 0.6 is 0 Å². The van der Waals surface area contributed by atoms with Gasteiger partial charge < -0.3 is 4.57 Å². The molecule has 0 radical (unpaired) electrons. The lowest BCUT2D eigenvalue weighted by Crippen LogP contribution is -2.20. The van der Waals surface area contributed by atoms with Gasteiger partial charge in [-0.05, 0) is 38.8 Å². The van der Waals surface area contributed by atoms with Gasteiger partial charge in [-0.1, -0.05) is 0 Å². The fourth-order valence-corrected chi connectivity index (χ4v) is 2.31. The molecule has 1 saturated carbocycles. The molecule has 1 saturated heterocycles. The fourth-order valence-electron chi connectivity index (χ4n) is 2.31. The molecule has 0 unspecified atom stereocenters. The van der Waals surface area contributed by atoms with Crippen LogP contribution in [0.2, 0.25) is 0 Å². The molecule has 0 spiro atoms. The van der Waals surface area contributed by atoms with E-state index in [1.54, 1.807) is 0 Å². The molecule has 0 aromatic carbocycles. The van der Waals surface area contributed by atoms with E-state index >= 15 is 0 Å². The summed E-state index contributed by atoms with van der Waals surface area (Å²) in [6.45, 7) is 3.65. The number of rotatable bonds is 3. The van der Waals surface area contributed by atoms with Crippen LogP contribution in [0.3, 0.4) is 0 Å². The van der Waals surface area contributed by atoms with E-state index in [0.717, 1.165) is 12.6 Å². The highest BCUT2D eigenvalue weighted by Crippen LogP contribution is 2.35. The van der Waals surface area contributed by atoms with Crippen LogP contribution < -0.4 is 0 Å². The lowest BCUT2D eigenvalue weighted by Gasteiger charge is -2.15. The van der Waals surface area contributed by atoms with Gasteiger partial charge in [-0.3, -0.25) is 4.90 Å². The molecule has 0 atom stereocenters. The van der Waals surface area contributed by atoms with Gasteiger partial charge in [-0.25, -0.2) is 4.98 Å². The second-order valence-corrected chi connectivity index (χ2v) is 4.51. The average molecular weight is 191 g/mol. The highest BCUT2D eigenvalue weighted by molar-refractivity contribution is 5.03. The zero-order chi connectivity index (χ0) is 9.38. The van der Waals surface area contributed by atoms with Gasteiger partial charge in [-0.2, -0.15) is 0 Å². The summed E-state index contributed by atoms with van der Waals surface area (Å²) in [6, 6.07) is 0.773. The molecule has 1 aliphatic heterocycles. The molecule has 1 aliphatic carbocycles. The minimum atomic E-state index is 0.773. The Morgan fingerprint density at radius 2 is 2.07 bits per heavy atom. The molecule has 0 amide bonds. The Balaban J connectivity index is 1.71. The summed E-state index contributed by atoms with van der Waals surface area (Å²) in [7, 11) is 0. The first-order chi connectivity index (χ1) is 6.93. The topological polar surface area (TPSA) is 21.1 Å². The molecule has 0 N–H and O–H groups in total. The Morgan fingerprint density at radius 1 is 1.29 bits per heavy atom. The van der Waals surface area contributed by atoms with Crippen LogP contribution in [0.4, 0.5) is 0 Å². The quantitative estimate of drug-likeness (QED) is 0.726. The molecule has 76 valence electrons. The molecule has 14 heavy (non-hydrogen) atoms. The van der Waals surface area contributed by atoms with E-state index < -0.39 is 0 Å². The maximum Gasteiger partial charge on any atom is 0.0951 e. The lowest BCUT2D eigenvalue weighted by atomic mass is 10.4. The normalized spacial score (nSPS) is 23.1. The van der Waals surface area contributed by atoms with Crippen molar-refractivity contribution in [3.05, 3.63) is 18.2 Å². The van der Waals surface area contributed by atoms with Gasteiger partial charge in [0, 0.05) is 18.8 Å². The number of aromatic nitrogens is 2. The number of imidazole rings is 1. The highest BCUT2D eigenvalue weighted by Gasteiger charge is 2.25. The largest absolute Gasteiger partial charge is 0.330 e.